The minimum absolute atomic E-state index is 0.0394. The molecule has 0 radical (unpaired) electrons. The van der Waals surface area contributed by atoms with Gasteiger partial charge in [-0.2, -0.15) is 0 Å². The van der Waals surface area contributed by atoms with E-state index in [0.29, 0.717) is 6.61 Å². The molecule has 1 aromatic rings. The molecule has 5 nitrogen and oxygen atoms in total. The lowest BCUT2D eigenvalue weighted by Crippen LogP contribution is -2.46. The summed E-state index contributed by atoms with van der Waals surface area (Å²) in [6.45, 7) is 3.83. The molecule has 0 spiro atoms. The SMILES string of the molecule is COCC(C)(C)NC(=O)c1cc(S(=O)(=O)Cl)ccc1Cl. The fourth-order valence-corrected chi connectivity index (χ4v) is 2.58. The second kappa shape index (κ2) is 6.30. The zero-order chi connectivity index (χ0) is 15.6. The fraction of sp³-hybridized carbons (Fsp3) is 0.417. The standard InChI is InChI=1S/C12H15Cl2NO4S/c1-12(2,7-19-3)15-11(16)9-6-8(20(14,17)18)4-5-10(9)13/h4-6H,7H2,1-3H3,(H,15,16). The summed E-state index contributed by atoms with van der Waals surface area (Å²) in [5.41, 5.74) is -0.581. The molecular formula is C12H15Cl2NO4S. The van der Waals surface area contributed by atoms with Gasteiger partial charge in [0, 0.05) is 17.8 Å². The molecule has 0 bridgehead atoms. The predicted molar refractivity (Wildman–Crippen MR) is 77.9 cm³/mol. The van der Waals surface area contributed by atoms with E-state index in [0.717, 1.165) is 6.07 Å². The van der Waals surface area contributed by atoms with Crippen LogP contribution in [0, 0.1) is 0 Å². The van der Waals surface area contributed by atoms with Crippen molar-refractivity contribution >= 4 is 37.2 Å². The smallest absolute Gasteiger partial charge is 0.261 e. The maximum atomic E-state index is 12.1. The van der Waals surface area contributed by atoms with E-state index < -0.39 is 20.5 Å². The third-order valence-corrected chi connectivity index (χ3v) is 4.10. The molecule has 8 heteroatoms. The van der Waals surface area contributed by atoms with Crippen LogP contribution in [0.1, 0.15) is 24.2 Å². The molecular weight excluding hydrogens is 325 g/mol. The summed E-state index contributed by atoms with van der Waals surface area (Å²) in [7, 11) is 2.84. The second-order valence-electron chi connectivity index (χ2n) is 4.85. The maximum Gasteiger partial charge on any atom is 0.261 e. The third-order valence-electron chi connectivity index (χ3n) is 2.42. The molecule has 0 aliphatic carbocycles. The predicted octanol–water partition coefficient (Wildman–Crippen LogP) is 2.42. The van der Waals surface area contributed by atoms with E-state index >= 15 is 0 Å². The van der Waals surface area contributed by atoms with E-state index in [1.54, 1.807) is 13.8 Å². The van der Waals surface area contributed by atoms with E-state index in [-0.39, 0.29) is 15.5 Å². The lowest BCUT2D eigenvalue weighted by Gasteiger charge is -2.25. The van der Waals surface area contributed by atoms with E-state index in [2.05, 4.69) is 5.32 Å². The zero-order valence-electron chi connectivity index (χ0n) is 11.2. The van der Waals surface area contributed by atoms with Crippen LogP contribution in [-0.2, 0) is 13.8 Å². The Hall–Kier alpha value is -0.820. The van der Waals surface area contributed by atoms with Gasteiger partial charge in [0.1, 0.15) is 0 Å². The molecule has 0 atom stereocenters. The third kappa shape index (κ3) is 4.63. The molecule has 0 aliphatic heterocycles. The van der Waals surface area contributed by atoms with Crippen LogP contribution in [0.3, 0.4) is 0 Å². The molecule has 0 unspecified atom stereocenters. The van der Waals surface area contributed by atoms with Crippen molar-refractivity contribution in [3.8, 4) is 0 Å². The molecule has 0 heterocycles. The Bertz CT molecular complexity index is 614. The van der Waals surface area contributed by atoms with Crippen LogP contribution >= 0.6 is 22.3 Å². The van der Waals surface area contributed by atoms with Gasteiger partial charge in [0.2, 0.25) is 0 Å². The van der Waals surface area contributed by atoms with Gasteiger partial charge in [-0.25, -0.2) is 8.42 Å². The molecule has 0 aliphatic rings. The van der Waals surface area contributed by atoms with Crippen molar-refractivity contribution in [2.24, 2.45) is 0 Å². The summed E-state index contributed by atoms with van der Waals surface area (Å²) in [6.07, 6.45) is 0. The summed E-state index contributed by atoms with van der Waals surface area (Å²) >= 11 is 5.92. The quantitative estimate of drug-likeness (QED) is 0.836. The van der Waals surface area contributed by atoms with Crippen molar-refractivity contribution in [2.45, 2.75) is 24.3 Å². The molecule has 0 fully saturated rings. The highest BCUT2D eigenvalue weighted by atomic mass is 35.7. The Balaban J connectivity index is 3.10. The van der Waals surface area contributed by atoms with Gasteiger partial charge in [0.05, 0.1) is 27.6 Å². The molecule has 1 N–H and O–H groups in total. The van der Waals surface area contributed by atoms with Crippen molar-refractivity contribution in [1.82, 2.24) is 5.32 Å². The van der Waals surface area contributed by atoms with Crippen LogP contribution in [0.15, 0.2) is 23.1 Å². The number of methoxy groups -OCH3 is 1. The number of carbonyl (C=O) groups excluding carboxylic acids is 1. The highest BCUT2D eigenvalue weighted by Crippen LogP contribution is 2.23. The van der Waals surface area contributed by atoms with Crippen LogP contribution < -0.4 is 5.32 Å². The van der Waals surface area contributed by atoms with Gasteiger partial charge in [-0.1, -0.05) is 11.6 Å². The summed E-state index contributed by atoms with van der Waals surface area (Å²) in [5.74, 6) is -0.501. The monoisotopic (exact) mass is 339 g/mol. The van der Waals surface area contributed by atoms with Crippen LogP contribution in [0.2, 0.25) is 5.02 Å². The first-order valence-corrected chi connectivity index (χ1v) is 8.31. The van der Waals surface area contributed by atoms with E-state index in [1.807, 2.05) is 0 Å². The first-order chi connectivity index (χ1) is 9.07. The number of amides is 1. The number of carbonyl (C=O) groups is 1. The molecule has 1 amide bonds. The first-order valence-electron chi connectivity index (χ1n) is 5.62. The van der Waals surface area contributed by atoms with Crippen molar-refractivity contribution in [2.75, 3.05) is 13.7 Å². The van der Waals surface area contributed by atoms with Gasteiger partial charge >= 0.3 is 0 Å². The number of benzene rings is 1. The van der Waals surface area contributed by atoms with Gasteiger partial charge in [-0.05, 0) is 32.0 Å². The zero-order valence-corrected chi connectivity index (χ0v) is 13.6. The van der Waals surface area contributed by atoms with Crippen LogP contribution in [-0.4, -0.2) is 33.6 Å². The van der Waals surface area contributed by atoms with E-state index in [4.69, 9.17) is 27.0 Å². The second-order valence-corrected chi connectivity index (χ2v) is 7.82. The summed E-state index contributed by atoms with van der Waals surface area (Å²) in [5, 5.41) is 2.85. The Kier molecular flexibility index (Phi) is 5.43. The Morgan fingerprint density at radius 3 is 2.50 bits per heavy atom. The van der Waals surface area contributed by atoms with Gasteiger partial charge < -0.3 is 10.1 Å². The Morgan fingerprint density at radius 2 is 2.00 bits per heavy atom. The average Bonchev–Trinajstić information content (AvgIpc) is 2.26. The van der Waals surface area contributed by atoms with E-state index in [9.17, 15) is 13.2 Å². The number of hydrogen-bond acceptors (Lipinski definition) is 4. The van der Waals surface area contributed by atoms with Crippen LogP contribution in [0.4, 0.5) is 0 Å². The highest BCUT2D eigenvalue weighted by molar-refractivity contribution is 8.13. The Labute approximate surface area is 127 Å². The van der Waals surface area contributed by atoms with Gasteiger partial charge in [-0.15, -0.1) is 0 Å². The molecule has 0 saturated carbocycles. The highest BCUT2D eigenvalue weighted by Gasteiger charge is 2.23. The average molecular weight is 340 g/mol. The fourth-order valence-electron chi connectivity index (χ4n) is 1.60. The van der Waals surface area contributed by atoms with Gasteiger partial charge in [-0.3, -0.25) is 4.79 Å². The normalized spacial score (nSPS) is 12.2. The molecule has 0 aromatic heterocycles. The summed E-state index contributed by atoms with van der Waals surface area (Å²) in [6, 6.07) is 3.69. The van der Waals surface area contributed by atoms with Crippen molar-refractivity contribution in [3.05, 3.63) is 28.8 Å². The number of nitrogens with one attached hydrogen (secondary N) is 1. The largest absolute Gasteiger partial charge is 0.382 e. The van der Waals surface area contributed by atoms with E-state index in [1.165, 1.54) is 19.2 Å². The minimum atomic E-state index is -3.92. The molecule has 20 heavy (non-hydrogen) atoms. The maximum absolute atomic E-state index is 12.1. The molecule has 0 saturated heterocycles. The number of hydrogen-bond donors (Lipinski definition) is 1. The number of ether oxygens (including phenoxy) is 1. The van der Waals surface area contributed by atoms with Crippen molar-refractivity contribution in [3.63, 3.8) is 0 Å². The lowest BCUT2D eigenvalue weighted by molar-refractivity contribution is 0.0820. The van der Waals surface area contributed by atoms with Gasteiger partial charge in [0.15, 0.2) is 0 Å². The topological polar surface area (TPSA) is 72.5 Å². The molecule has 112 valence electrons. The van der Waals surface area contributed by atoms with Crippen LogP contribution in [0.5, 0.6) is 0 Å². The van der Waals surface area contributed by atoms with Crippen molar-refractivity contribution < 1.29 is 17.9 Å². The minimum Gasteiger partial charge on any atom is -0.382 e. The number of rotatable bonds is 5. The lowest BCUT2D eigenvalue weighted by atomic mass is 10.1. The number of halogens is 2. The van der Waals surface area contributed by atoms with Crippen molar-refractivity contribution in [1.29, 1.82) is 0 Å². The first kappa shape index (κ1) is 17.2. The van der Waals surface area contributed by atoms with Gasteiger partial charge in [0.25, 0.3) is 15.0 Å². The summed E-state index contributed by atoms with van der Waals surface area (Å²) in [4.78, 5) is 12.0. The molecule has 1 aromatic carbocycles. The molecule has 1 rings (SSSR count). The van der Waals surface area contributed by atoms with Crippen LogP contribution in [0.25, 0.3) is 0 Å². The Morgan fingerprint density at radius 1 is 1.40 bits per heavy atom. The summed E-state index contributed by atoms with van der Waals surface area (Å²) < 4.78 is 27.5.